The van der Waals surface area contributed by atoms with Crippen LogP contribution in [0.4, 0.5) is 4.79 Å². The first-order valence-electron chi connectivity index (χ1n) is 13.5. The molecule has 2 unspecified atom stereocenters. The van der Waals surface area contributed by atoms with Crippen LogP contribution >= 0.6 is 0 Å². The number of nitrogens with zero attached hydrogens (tertiary/aromatic N) is 4. The average molecular weight is 527 g/mol. The van der Waals surface area contributed by atoms with E-state index >= 15 is 0 Å². The Balaban J connectivity index is 1.76. The van der Waals surface area contributed by atoms with Crippen molar-refractivity contribution in [3.63, 3.8) is 0 Å². The summed E-state index contributed by atoms with van der Waals surface area (Å²) < 4.78 is 10.5. The van der Waals surface area contributed by atoms with Gasteiger partial charge >= 0.3 is 6.09 Å². The molecule has 0 saturated carbocycles. The zero-order chi connectivity index (χ0) is 27.6. The van der Waals surface area contributed by atoms with Gasteiger partial charge in [0.15, 0.2) is 0 Å². The van der Waals surface area contributed by atoms with Gasteiger partial charge in [-0.1, -0.05) is 51.1 Å². The van der Waals surface area contributed by atoms with Gasteiger partial charge in [0.2, 0.25) is 11.9 Å². The zero-order valence-corrected chi connectivity index (χ0v) is 23.2. The number of ether oxygens (including phenoxy) is 2. The topological polar surface area (TPSA) is 119 Å². The molecule has 3 rings (SSSR count). The quantitative estimate of drug-likeness (QED) is 0.395. The smallest absolute Gasteiger partial charge is 0.413 e. The number of guanidine groups is 1. The Morgan fingerprint density at radius 1 is 1.21 bits per heavy atom. The molecule has 10 nitrogen and oxygen atoms in total. The van der Waals surface area contributed by atoms with E-state index in [1.807, 2.05) is 43.9 Å². The van der Waals surface area contributed by atoms with Crippen LogP contribution in [0.3, 0.4) is 0 Å². The molecule has 2 atom stereocenters. The fourth-order valence-corrected chi connectivity index (χ4v) is 4.70. The van der Waals surface area contributed by atoms with Gasteiger partial charge in [-0.25, -0.2) is 9.79 Å². The molecule has 2 fully saturated rings. The molecule has 1 aromatic carbocycles. The molecule has 1 aromatic rings. The monoisotopic (exact) mass is 526 g/mol. The molecule has 0 aromatic heterocycles. The van der Waals surface area contributed by atoms with E-state index < -0.39 is 17.7 Å². The van der Waals surface area contributed by atoms with Crippen molar-refractivity contribution in [2.45, 2.75) is 58.5 Å². The van der Waals surface area contributed by atoms with Crippen molar-refractivity contribution < 1.29 is 19.1 Å². The largest absolute Gasteiger partial charge is 0.450 e. The van der Waals surface area contributed by atoms with Gasteiger partial charge in [-0.05, 0) is 37.2 Å². The van der Waals surface area contributed by atoms with Crippen LogP contribution in [0.1, 0.15) is 46.1 Å². The first-order chi connectivity index (χ1) is 18.1. The van der Waals surface area contributed by atoms with Crippen LogP contribution < -0.4 is 10.6 Å². The van der Waals surface area contributed by atoms with Gasteiger partial charge in [-0.2, -0.15) is 5.26 Å². The first kappa shape index (κ1) is 29.4. The van der Waals surface area contributed by atoms with E-state index in [1.165, 1.54) is 5.56 Å². The molecule has 0 aliphatic carbocycles. The number of hydrogen-bond acceptors (Lipinski definition) is 7. The van der Waals surface area contributed by atoms with E-state index in [1.54, 1.807) is 6.92 Å². The highest BCUT2D eigenvalue weighted by Crippen LogP contribution is 2.26. The van der Waals surface area contributed by atoms with Crippen LogP contribution in [0.25, 0.3) is 0 Å². The van der Waals surface area contributed by atoms with Gasteiger partial charge < -0.3 is 19.7 Å². The van der Waals surface area contributed by atoms with E-state index in [9.17, 15) is 14.9 Å². The summed E-state index contributed by atoms with van der Waals surface area (Å²) in [4.78, 5) is 34.8. The number of rotatable bonds is 8. The molecule has 2 aliphatic rings. The number of amides is 2. The third-order valence-electron chi connectivity index (χ3n) is 6.67. The molecule has 2 amide bonds. The van der Waals surface area contributed by atoms with Crippen molar-refractivity contribution in [3.8, 4) is 6.07 Å². The SMILES string of the molecule is CCOC(=O)NC(=NC(CC(C)(C)C)C(=O)NC1(C#N)CCN(CCc2ccccc2)C1)N1CCOCC1. The number of carbonyl (C=O) groups excluding carboxylic acids is 2. The van der Waals surface area contributed by atoms with Crippen LogP contribution in [0.15, 0.2) is 35.3 Å². The van der Waals surface area contributed by atoms with E-state index in [4.69, 9.17) is 14.5 Å². The fourth-order valence-electron chi connectivity index (χ4n) is 4.70. The van der Waals surface area contributed by atoms with Crippen molar-refractivity contribution in [2.75, 3.05) is 52.5 Å². The number of alkyl carbamates (subject to hydrolysis) is 1. The van der Waals surface area contributed by atoms with E-state index in [2.05, 4.69) is 33.7 Å². The lowest BCUT2D eigenvalue weighted by Crippen LogP contribution is -2.54. The van der Waals surface area contributed by atoms with Crippen molar-refractivity contribution in [3.05, 3.63) is 35.9 Å². The van der Waals surface area contributed by atoms with Crippen LogP contribution in [-0.2, 0) is 20.7 Å². The second-order valence-electron chi connectivity index (χ2n) is 11.1. The summed E-state index contributed by atoms with van der Waals surface area (Å²) >= 11 is 0. The third-order valence-corrected chi connectivity index (χ3v) is 6.67. The molecular weight excluding hydrogens is 484 g/mol. The number of nitrogens with one attached hydrogen (secondary N) is 2. The summed E-state index contributed by atoms with van der Waals surface area (Å²) in [6, 6.07) is 11.8. The molecule has 208 valence electrons. The maximum atomic E-state index is 13.7. The summed E-state index contributed by atoms with van der Waals surface area (Å²) in [5.74, 6) is -0.0270. The number of likely N-dealkylation sites (tertiary alicyclic amines) is 1. The molecule has 0 radical (unpaired) electrons. The predicted molar refractivity (Wildman–Crippen MR) is 146 cm³/mol. The number of hydrogen-bond donors (Lipinski definition) is 2. The Morgan fingerprint density at radius 3 is 2.55 bits per heavy atom. The standard InChI is InChI=1S/C28H42N6O4/c1-5-38-26(36)31-25(34-15-17-37-18-16-34)30-23(19-27(2,3)4)24(35)32-28(20-29)12-14-33(21-28)13-11-22-9-7-6-8-10-22/h6-10,23H,5,11-19,21H2,1-4H3,(H,32,35)(H,30,31,36). The maximum Gasteiger partial charge on any atom is 0.413 e. The van der Waals surface area contributed by atoms with Gasteiger partial charge in [0.1, 0.15) is 11.6 Å². The molecule has 0 spiro atoms. The summed E-state index contributed by atoms with van der Waals surface area (Å²) in [5.41, 5.74) is 0.0471. The Bertz CT molecular complexity index is 997. The lowest BCUT2D eigenvalue weighted by atomic mass is 9.87. The summed E-state index contributed by atoms with van der Waals surface area (Å²) in [6.07, 6.45) is 1.26. The molecular formula is C28H42N6O4. The fraction of sp³-hybridized carbons (Fsp3) is 0.643. The summed E-state index contributed by atoms with van der Waals surface area (Å²) in [7, 11) is 0. The van der Waals surface area contributed by atoms with E-state index in [0.717, 1.165) is 19.5 Å². The molecule has 38 heavy (non-hydrogen) atoms. The van der Waals surface area contributed by atoms with Gasteiger partial charge in [0.05, 0.1) is 25.9 Å². The van der Waals surface area contributed by atoms with Crippen molar-refractivity contribution in [1.29, 1.82) is 5.26 Å². The minimum Gasteiger partial charge on any atom is -0.450 e. The van der Waals surface area contributed by atoms with Gasteiger partial charge in [0.25, 0.3) is 0 Å². The Hall–Kier alpha value is -3.16. The first-order valence-corrected chi connectivity index (χ1v) is 13.5. The molecule has 0 bridgehead atoms. The minimum atomic E-state index is -0.979. The highest BCUT2D eigenvalue weighted by Gasteiger charge is 2.41. The highest BCUT2D eigenvalue weighted by atomic mass is 16.5. The van der Waals surface area contributed by atoms with E-state index in [-0.39, 0.29) is 23.9 Å². The molecule has 2 aliphatic heterocycles. The second-order valence-corrected chi connectivity index (χ2v) is 11.1. The average Bonchev–Trinajstić information content (AvgIpc) is 3.30. The number of benzene rings is 1. The lowest BCUT2D eigenvalue weighted by molar-refractivity contribution is -0.124. The lowest BCUT2D eigenvalue weighted by Gasteiger charge is -2.32. The molecule has 10 heteroatoms. The maximum absolute atomic E-state index is 13.7. The van der Waals surface area contributed by atoms with Gasteiger partial charge in [0, 0.05) is 32.7 Å². The number of carbonyl (C=O) groups is 2. The van der Waals surface area contributed by atoms with Crippen molar-refractivity contribution in [1.82, 2.24) is 20.4 Å². The van der Waals surface area contributed by atoms with Gasteiger partial charge in [-0.15, -0.1) is 0 Å². The Labute approximate surface area is 226 Å². The van der Waals surface area contributed by atoms with Crippen LogP contribution in [-0.4, -0.2) is 91.9 Å². The molecule has 2 saturated heterocycles. The third kappa shape index (κ3) is 8.99. The highest BCUT2D eigenvalue weighted by molar-refractivity contribution is 5.96. The molecule has 2 heterocycles. The normalized spacial score (nSPS) is 21.4. The summed E-state index contributed by atoms with van der Waals surface area (Å²) in [6.45, 7) is 12.1. The molecule has 2 N–H and O–H groups in total. The predicted octanol–water partition coefficient (Wildman–Crippen LogP) is 2.55. The van der Waals surface area contributed by atoms with Crippen LogP contribution in [0.5, 0.6) is 0 Å². The van der Waals surface area contributed by atoms with Crippen LogP contribution in [0.2, 0.25) is 0 Å². The van der Waals surface area contributed by atoms with Gasteiger partial charge in [-0.3, -0.25) is 15.0 Å². The second kappa shape index (κ2) is 13.6. The van der Waals surface area contributed by atoms with Crippen molar-refractivity contribution in [2.24, 2.45) is 10.4 Å². The Kier molecular flexibility index (Phi) is 10.5. The number of morpholine rings is 1. The Morgan fingerprint density at radius 2 is 1.92 bits per heavy atom. The van der Waals surface area contributed by atoms with Crippen molar-refractivity contribution >= 4 is 18.0 Å². The zero-order valence-electron chi connectivity index (χ0n) is 23.2. The summed E-state index contributed by atoms with van der Waals surface area (Å²) in [5, 5.41) is 15.9. The number of aliphatic imine (C=N–C) groups is 1. The number of nitriles is 1. The van der Waals surface area contributed by atoms with Crippen LogP contribution in [0, 0.1) is 16.7 Å². The van der Waals surface area contributed by atoms with E-state index in [0.29, 0.717) is 45.7 Å². The minimum absolute atomic E-state index is 0.219.